The van der Waals surface area contributed by atoms with Gasteiger partial charge in [0.2, 0.25) is 5.91 Å². The van der Waals surface area contributed by atoms with Crippen LogP contribution in [0.15, 0.2) is 0 Å². The Kier molecular flexibility index (Phi) is 4.07. The van der Waals surface area contributed by atoms with E-state index < -0.39 is 0 Å². The summed E-state index contributed by atoms with van der Waals surface area (Å²) in [6.45, 7) is 5.15. The molecule has 1 saturated heterocycles. The molecule has 114 valence electrons. The maximum Gasteiger partial charge on any atom is 0.229 e. The van der Waals surface area contributed by atoms with Gasteiger partial charge in [0, 0.05) is 25.0 Å². The normalized spacial score (nSPS) is 29.4. The van der Waals surface area contributed by atoms with Crippen molar-refractivity contribution in [2.24, 2.45) is 5.41 Å². The highest BCUT2D eigenvalue weighted by atomic mass is 16.2. The lowest BCUT2D eigenvalue weighted by Gasteiger charge is -2.52. The Morgan fingerprint density at radius 2 is 1.55 bits per heavy atom. The van der Waals surface area contributed by atoms with E-state index in [1.54, 1.807) is 0 Å². The first-order valence-electron chi connectivity index (χ1n) is 8.69. The van der Waals surface area contributed by atoms with Crippen LogP contribution in [0.2, 0.25) is 0 Å². The maximum atomic E-state index is 13.2. The first-order valence-corrected chi connectivity index (χ1v) is 8.69. The SMILES string of the molecule is CC1(C(=O)N2CCNCC23CCCCC3)CCCCC1. The molecular weight excluding hydrogens is 248 g/mol. The molecule has 0 bridgehead atoms. The number of carbonyl (C=O) groups is 1. The van der Waals surface area contributed by atoms with Crippen LogP contribution in [-0.4, -0.2) is 36.0 Å². The topological polar surface area (TPSA) is 32.3 Å². The molecule has 1 N–H and O–H groups in total. The molecule has 0 aromatic rings. The van der Waals surface area contributed by atoms with E-state index in [1.165, 1.54) is 51.4 Å². The number of hydrogen-bond donors (Lipinski definition) is 1. The summed E-state index contributed by atoms with van der Waals surface area (Å²) in [4.78, 5) is 15.6. The molecule has 0 aromatic heterocycles. The largest absolute Gasteiger partial charge is 0.334 e. The molecule has 3 nitrogen and oxygen atoms in total. The van der Waals surface area contributed by atoms with Crippen molar-refractivity contribution in [3.8, 4) is 0 Å². The van der Waals surface area contributed by atoms with Crippen LogP contribution in [0.1, 0.15) is 71.1 Å². The van der Waals surface area contributed by atoms with Gasteiger partial charge < -0.3 is 10.2 Å². The number of nitrogens with one attached hydrogen (secondary N) is 1. The summed E-state index contributed by atoms with van der Waals surface area (Å²) in [5.41, 5.74) is 0.0775. The Labute approximate surface area is 123 Å². The van der Waals surface area contributed by atoms with Gasteiger partial charge >= 0.3 is 0 Å². The minimum atomic E-state index is -0.0694. The summed E-state index contributed by atoms with van der Waals surface area (Å²) in [5.74, 6) is 0.473. The second-order valence-electron chi connectivity index (χ2n) is 7.54. The van der Waals surface area contributed by atoms with Crippen LogP contribution in [0.25, 0.3) is 0 Å². The summed E-state index contributed by atoms with van der Waals surface area (Å²) in [7, 11) is 0. The van der Waals surface area contributed by atoms with Gasteiger partial charge in [-0.05, 0) is 25.7 Å². The molecule has 2 aliphatic carbocycles. The maximum absolute atomic E-state index is 13.2. The summed E-state index contributed by atoms with van der Waals surface area (Å²) in [6, 6.07) is 0. The molecule has 0 atom stereocenters. The minimum Gasteiger partial charge on any atom is -0.334 e. The summed E-state index contributed by atoms with van der Waals surface area (Å²) >= 11 is 0. The molecular formula is C17H30N2O. The Balaban J connectivity index is 1.80. The van der Waals surface area contributed by atoms with Crippen LogP contribution in [0.3, 0.4) is 0 Å². The zero-order valence-electron chi connectivity index (χ0n) is 13.0. The molecule has 3 aliphatic rings. The van der Waals surface area contributed by atoms with Crippen LogP contribution < -0.4 is 5.32 Å². The minimum absolute atomic E-state index is 0.0694. The summed E-state index contributed by atoms with van der Waals surface area (Å²) in [5, 5.41) is 3.55. The molecule has 20 heavy (non-hydrogen) atoms. The van der Waals surface area contributed by atoms with E-state index in [0.29, 0.717) is 5.91 Å². The monoisotopic (exact) mass is 278 g/mol. The van der Waals surface area contributed by atoms with Gasteiger partial charge in [0.15, 0.2) is 0 Å². The molecule has 1 amide bonds. The fourth-order valence-corrected chi connectivity index (χ4v) is 4.69. The van der Waals surface area contributed by atoms with Crippen molar-refractivity contribution in [3.63, 3.8) is 0 Å². The average Bonchev–Trinajstić information content (AvgIpc) is 2.49. The van der Waals surface area contributed by atoms with Gasteiger partial charge in [0.1, 0.15) is 0 Å². The third kappa shape index (κ3) is 2.49. The lowest BCUT2D eigenvalue weighted by Crippen LogP contribution is -2.65. The van der Waals surface area contributed by atoms with Gasteiger partial charge in [-0.2, -0.15) is 0 Å². The van der Waals surface area contributed by atoms with E-state index in [0.717, 1.165) is 32.5 Å². The fourth-order valence-electron chi connectivity index (χ4n) is 4.69. The molecule has 3 heteroatoms. The van der Waals surface area contributed by atoms with Crippen molar-refractivity contribution in [2.75, 3.05) is 19.6 Å². The van der Waals surface area contributed by atoms with Crippen molar-refractivity contribution >= 4 is 5.91 Å². The van der Waals surface area contributed by atoms with Gasteiger partial charge in [0.05, 0.1) is 5.54 Å². The van der Waals surface area contributed by atoms with Crippen LogP contribution >= 0.6 is 0 Å². The van der Waals surface area contributed by atoms with Crippen LogP contribution in [-0.2, 0) is 4.79 Å². The first-order chi connectivity index (χ1) is 9.66. The van der Waals surface area contributed by atoms with Gasteiger partial charge in [-0.3, -0.25) is 4.79 Å². The predicted molar refractivity (Wildman–Crippen MR) is 81.6 cm³/mol. The Morgan fingerprint density at radius 3 is 2.20 bits per heavy atom. The number of piperazine rings is 1. The fraction of sp³-hybridized carbons (Fsp3) is 0.941. The van der Waals surface area contributed by atoms with E-state index in [2.05, 4.69) is 17.1 Å². The number of rotatable bonds is 1. The molecule has 0 radical (unpaired) electrons. The zero-order valence-corrected chi connectivity index (χ0v) is 13.0. The van der Waals surface area contributed by atoms with Crippen molar-refractivity contribution < 1.29 is 4.79 Å². The standard InChI is InChI=1S/C17H30N2O/c1-16(8-4-2-5-9-16)15(20)19-13-12-18-14-17(19)10-6-3-7-11-17/h18H,2-14H2,1H3. The third-order valence-electron chi connectivity index (χ3n) is 6.04. The Bertz CT molecular complexity index is 346. The number of carbonyl (C=O) groups excluding carboxylic acids is 1. The number of hydrogen-bond acceptors (Lipinski definition) is 2. The average molecular weight is 278 g/mol. The van der Waals surface area contributed by atoms with Gasteiger partial charge in [0.25, 0.3) is 0 Å². The second-order valence-corrected chi connectivity index (χ2v) is 7.54. The van der Waals surface area contributed by atoms with E-state index in [9.17, 15) is 4.79 Å². The summed E-state index contributed by atoms with van der Waals surface area (Å²) in [6.07, 6.45) is 12.4. The highest BCUT2D eigenvalue weighted by molar-refractivity contribution is 5.83. The van der Waals surface area contributed by atoms with E-state index in [1.807, 2.05) is 0 Å². The van der Waals surface area contributed by atoms with E-state index in [-0.39, 0.29) is 11.0 Å². The van der Waals surface area contributed by atoms with Crippen molar-refractivity contribution in [2.45, 2.75) is 76.7 Å². The number of amides is 1. The predicted octanol–water partition coefficient (Wildman–Crippen LogP) is 3.09. The Hall–Kier alpha value is -0.570. The van der Waals surface area contributed by atoms with E-state index >= 15 is 0 Å². The lowest BCUT2D eigenvalue weighted by atomic mass is 9.72. The van der Waals surface area contributed by atoms with E-state index in [4.69, 9.17) is 0 Å². The first kappa shape index (κ1) is 14.4. The van der Waals surface area contributed by atoms with Gasteiger partial charge in [-0.1, -0.05) is 45.4 Å². The molecule has 1 spiro atoms. The van der Waals surface area contributed by atoms with Crippen molar-refractivity contribution in [1.29, 1.82) is 0 Å². The van der Waals surface area contributed by atoms with Crippen molar-refractivity contribution in [1.82, 2.24) is 10.2 Å². The van der Waals surface area contributed by atoms with Gasteiger partial charge in [-0.25, -0.2) is 0 Å². The van der Waals surface area contributed by atoms with Crippen LogP contribution in [0, 0.1) is 5.41 Å². The zero-order chi connectivity index (χ0) is 14.1. The molecule has 0 unspecified atom stereocenters. The molecule has 1 aliphatic heterocycles. The van der Waals surface area contributed by atoms with Crippen molar-refractivity contribution in [3.05, 3.63) is 0 Å². The molecule has 0 aromatic carbocycles. The highest BCUT2D eigenvalue weighted by Crippen LogP contribution is 2.42. The smallest absolute Gasteiger partial charge is 0.229 e. The number of nitrogens with zero attached hydrogens (tertiary/aromatic N) is 1. The van der Waals surface area contributed by atoms with Gasteiger partial charge in [-0.15, -0.1) is 0 Å². The highest BCUT2D eigenvalue weighted by Gasteiger charge is 2.47. The van der Waals surface area contributed by atoms with Crippen LogP contribution in [0.5, 0.6) is 0 Å². The lowest BCUT2D eigenvalue weighted by molar-refractivity contribution is -0.153. The Morgan fingerprint density at radius 1 is 0.950 bits per heavy atom. The quantitative estimate of drug-likeness (QED) is 0.799. The summed E-state index contributed by atoms with van der Waals surface area (Å²) < 4.78 is 0. The third-order valence-corrected chi connectivity index (χ3v) is 6.04. The van der Waals surface area contributed by atoms with Crippen LogP contribution in [0.4, 0.5) is 0 Å². The second kappa shape index (κ2) is 5.67. The molecule has 1 heterocycles. The molecule has 3 fully saturated rings. The molecule has 2 saturated carbocycles. The molecule has 3 rings (SSSR count).